The molecule has 0 unspecified atom stereocenters. The maximum absolute atomic E-state index is 11.3. The third-order valence-electron chi connectivity index (χ3n) is 2.92. The summed E-state index contributed by atoms with van der Waals surface area (Å²) in [5, 5.41) is 3.23. The second-order valence-electron chi connectivity index (χ2n) is 4.20. The summed E-state index contributed by atoms with van der Waals surface area (Å²) in [6, 6.07) is 8.09. The van der Waals surface area contributed by atoms with Gasteiger partial charge < -0.3 is 5.73 Å². The lowest BCUT2D eigenvalue weighted by atomic mass is 10.0. The van der Waals surface area contributed by atoms with Crippen LogP contribution in [0.25, 0.3) is 11.1 Å². The Hall–Kier alpha value is -1.91. The van der Waals surface area contributed by atoms with Gasteiger partial charge in [0.2, 0.25) is 0 Å². The lowest BCUT2D eigenvalue weighted by Gasteiger charge is -2.10. The number of Topliss-reactive ketones (excluding diaryl/α,β-unsaturated/α-hetero) is 1. The Morgan fingerprint density at radius 3 is 2.45 bits per heavy atom. The van der Waals surface area contributed by atoms with E-state index in [1.807, 2.05) is 0 Å². The van der Waals surface area contributed by atoms with Crippen LogP contribution in [0.3, 0.4) is 0 Å². The molecule has 0 heterocycles. The van der Waals surface area contributed by atoms with Gasteiger partial charge in [-0.05, 0) is 41.9 Å². The predicted molar refractivity (Wildman–Crippen MR) is 81.8 cm³/mol. The number of nitrogens with two attached hydrogens (primary N) is 1. The fourth-order valence-electron chi connectivity index (χ4n) is 1.87. The van der Waals surface area contributed by atoms with Gasteiger partial charge in [0.1, 0.15) is 5.69 Å². The van der Waals surface area contributed by atoms with Crippen molar-refractivity contribution < 1.29 is 4.79 Å². The highest BCUT2D eigenvalue weighted by atomic mass is 35.5. The summed E-state index contributed by atoms with van der Waals surface area (Å²) in [4.78, 5) is 21.9. The number of anilines is 1. The van der Waals surface area contributed by atoms with E-state index in [9.17, 15) is 9.70 Å². The monoisotopic (exact) mass is 308 g/mol. The maximum Gasteiger partial charge on any atom is 0.161 e. The van der Waals surface area contributed by atoms with Crippen molar-refractivity contribution in [2.24, 2.45) is 5.18 Å². The molecule has 0 amide bonds. The molecule has 2 aromatic carbocycles. The highest BCUT2D eigenvalue weighted by Gasteiger charge is 2.13. The van der Waals surface area contributed by atoms with Crippen molar-refractivity contribution >= 4 is 40.4 Å². The van der Waals surface area contributed by atoms with E-state index >= 15 is 0 Å². The van der Waals surface area contributed by atoms with Gasteiger partial charge in [0.05, 0.1) is 15.7 Å². The second-order valence-corrected chi connectivity index (χ2v) is 4.99. The molecular formula is C14H10Cl2N2O2. The molecular weight excluding hydrogens is 299 g/mol. The molecule has 0 aliphatic heterocycles. The summed E-state index contributed by atoms with van der Waals surface area (Å²) >= 11 is 12.0. The molecule has 0 saturated carbocycles. The van der Waals surface area contributed by atoms with Crippen LogP contribution in [0, 0.1) is 4.91 Å². The minimum Gasteiger partial charge on any atom is -0.397 e. The van der Waals surface area contributed by atoms with Crippen LogP contribution in [-0.2, 0) is 0 Å². The molecule has 4 nitrogen and oxygen atoms in total. The zero-order valence-electron chi connectivity index (χ0n) is 10.5. The average Bonchev–Trinajstić information content (AvgIpc) is 2.41. The van der Waals surface area contributed by atoms with Gasteiger partial charge in [-0.2, -0.15) is 0 Å². The topological polar surface area (TPSA) is 72.5 Å². The van der Waals surface area contributed by atoms with Crippen LogP contribution in [-0.4, -0.2) is 5.78 Å². The first-order valence-electron chi connectivity index (χ1n) is 5.68. The molecule has 0 atom stereocenters. The number of nitrogen functional groups attached to an aromatic ring is 1. The van der Waals surface area contributed by atoms with Gasteiger partial charge in [-0.25, -0.2) is 0 Å². The van der Waals surface area contributed by atoms with Gasteiger partial charge >= 0.3 is 0 Å². The second kappa shape index (κ2) is 5.61. The highest BCUT2D eigenvalue weighted by Crippen LogP contribution is 2.38. The first-order valence-corrected chi connectivity index (χ1v) is 6.43. The van der Waals surface area contributed by atoms with Crippen LogP contribution in [0.4, 0.5) is 11.4 Å². The Morgan fingerprint density at radius 1 is 1.20 bits per heavy atom. The van der Waals surface area contributed by atoms with Gasteiger partial charge in [-0.15, -0.1) is 4.91 Å². The summed E-state index contributed by atoms with van der Waals surface area (Å²) in [7, 11) is 0. The molecule has 0 aliphatic carbocycles. The summed E-state index contributed by atoms with van der Waals surface area (Å²) < 4.78 is 0. The summed E-state index contributed by atoms with van der Waals surface area (Å²) in [5.74, 6) is -0.118. The Bertz CT molecular complexity index is 715. The molecule has 20 heavy (non-hydrogen) atoms. The lowest BCUT2D eigenvalue weighted by Crippen LogP contribution is -1.95. The van der Waals surface area contributed by atoms with Crippen LogP contribution < -0.4 is 5.73 Å². The molecule has 0 fully saturated rings. The van der Waals surface area contributed by atoms with Crippen molar-refractivity contribution in [1.82, 2.24) is 0 Å². The quantitative estimate of drug-likeness (QED) is 0.501. The Labute approximate surface area is 125 Å². The number of ketones is 1. The average molecular weight is 309 g/mol. The number of hydrogen-bond donors (Lipinski definition) is 1. The third-order valence-corrected chi connectivity index (χ3v) is 3.63. The SMILES string of the molecule is CC(=O)c1ccc(-c2ccc(N=O)c(Cl)c2N)cc1Cl. The predicted octanol–water partition coefficient (Wildman–Crippen LogP) is 4.84. The molecule has 2 rings (SSSR count). The van der Waals surface area contributed by atoms with Crippen molar-refractivity contribution in [3.05, 3.63) is 50.8 Å². The zero-order chi connectivity index (χ0) is 14.9. The summed E-state index contributed by atoms with van der Waals surface area (Å²) in [6.07, 6.45) is 0. The largest absolute Gasteiger partial charge is 0.397 e. The number of nitroso groups, excluding NO2 is 1. The molecule has 0 radical (unpaired) electrons. The molecule has 2 N–H and O–H groups in total. The number of nitrogens with zero attached hydrogens (tertiary/aromatic N) is 1. The molecule has 2 aromatic rings. The van der Waals surface area contributed by atoms with E-state index in [1.165, 1.54) is 13.0 Å². The summed E-state index contributed by atoms with van der Waals surface area (Å²) in [5.41, 5.74) is 7.99. The molecule has 0 bridgehead atoms. The van der Waals surface area contributed by atoms with Gasteiger partial charge in [0.25, 0.3) is 0 Å². The van der Waals surface area contributed by atoms with Crippen LogP contribution >= 0.6 is 23.2 Å². The number of carbonyl (C=O) groups is 1. The first-order chi connectivity index (χ1) is 9.45. The third kappa shape index (κ3) is 2.53. The minimum atomic E-state index is -0.118. The Balaban J connectivity index is 2.58. The molecule has 6 heteroatoms. The van der Waals surface area contributed by atoms with Gasteiger partial charge in [0.15, 0.2) is 5.78 Å². The Morgan fingerprint density at radius 2 is 1.90 bits per heavy atom. The number of carbonyl (C=O) groups excluding carboxylic acids is 1. The van der Waals surface area contributed by atoms with E-state index in [4.69, 9.17) is 28.9 Å². The number of rotatable bonds is 3. The minimum absolute atomic E-state index is 0.0827. The van der Waals surface area contributed by atoms with Crippen molar-refractivity contribution in [2.45, 2.75) is 6.92 Å². The molecule has 0 aliphatic rings. The van der Waals surface area contributed by atoms with Gasteiger partial charge in [-0.1, -0.05) is 29.3 Å². The summed E-state index contributed by atoms with van der Waals surface area (Å²) in [6.45, 7) is 1.44. The van der Waals surface area contributed by atoms with Crippen LogP contribution in [0.5, 0.6) is 0 Å². The number of halogens is 2. The van der Waals surface area contributed by atoms with E-state index < -0.39 is 0 Å². The van der Waals surface area contributed by atoms with E-state index in [0.29, 0.717) is 21.7 Å². The van der Waals surface area contributed by atoms with Gasteiger partial charge in [0, 0.05) is 11.1 Å². The standard InChI is InChI=1S/C14H10Cl2N2O2/c1-7(19)9-3-2-8(6-11(9)15)10-4-5-12(18-20)13(16)14(10)17/h2-6H,17H2,1H3. The van der Waals surface area contributed by atoms with Crippen LogP contribution in [0.2, 0.25) is 10.0 Å². The maximum atomic E-state index is 11.3. The molecule has 0 saturated heterocycles. The fourth-order valence-corrected chi connectivity index (χ4v) is 2.38. The van der Waals surface area contributed by atoms with Crippen molar-refractivity contribution in [3.8, 4) is 11.1 Å². The fraction of sp³-hybridized carbons (Fsp3) is 0.0714. The van der Waals surface area contributed by atoms with E-state index in [-0.39, 0.29) is 22.2 Å². The van der Waals surface area contributed by atoms with E-state index in [2.05, 4.69) is 5.18 Å². The Kier molecular flexibility index (Phi) is 4.06. The van der Waals surface area contributed by atoms with Gasteiger partial charge in [-0.3, -0.25) is 4.79 Å². The molecule has 0 spiro atoms. The highest BCUT2D eigenvalue weighted by molar-refractivity contribution is 6.36. The van der Waals surface area contributed by atoms with E-state index in [0.717, 1.165) is 0 Å². The van der Waals surface area contributed by atoms with Crippen LogP contribution in [0.1, 0.15) is 17.3 Å². The van der Waals surface area contributed by atoms with Crippen molar-refractivity contribution in [2.75, 3.05) is 5.73 Å². The normalized spacial score (nSPS) is 10.3. The number of benzene rings is 2. The van der Waals surface area contributed by atoms with Crippen LogP contribution in [0.15, 0.2) is 35.5 Å². The van der Waals surface area contributed by atoms with Crippen molar-refractivity contribution in [3.63, 3.8) is 0 Å². The zero-order valence-corrected chi connectivity index (χ0v) is 12.0. The smallest absolute Gasteiger partial charge is 0.161 e. The first kappa shape index (κ1) is 14.5. The number of hydrogen-bond acceptors (Lipinski definition) is 4. The lowest BCUT2D eigenvalue weighted by molar-refractivity contribution is 0.101. The molecule has 0 aromatic heterocycles. The van der Waals surface area contributed by atoms with Crippen molar-refractivity contribution in [1.29, 1.82) is 0 Å². The molecule has 102 valence electrons. The van der Waals surface area contributed by atoms with E-state index in [1.54, 1.807) is 24.3 Å².